The summed E-state index contributed by atoms with van der Waals surface area (Å²) in [5.41, 5.74) is 2.40. The molecule has 1 atom stereocenters. The zero-order valence-corrected chi connectivity index (χ0v) is 13.8. The lowest BCUT2D eigenvalue weighted by molar-refractivity contribution is 0.248. The number of aromatic nitrogens is 3. The first-order valence-electron chi connectivity index (χ1n) is 7.47. The highest BCUT2D eigenvalue weighted by Crippen LogP contribution is 2.39. The van der Waals surface area contributed by atoms with Gasteiger partial charge in [-0.25, -0.2) is 4.98 Å². The van der Waals surface area contributed by atoms with Gasteiger partial charge in [-0.2, -0.15) is 9.61 Å². The molecule has 0 aliphatic rings. The second-order valence-corrected chi connectivity index (χ2v) is 6.29. The molecule has 1 unspecified atom stereocenters. The van der Waals surface area contributed by atoms with Crippen LogP contribution in [0.5, 0.6) is 5.88 Å². The van der Waals surface area contributed by atoms with Crippen LogP contribution in [-0.2, 0) is 0 Å². The molecule has 0 spiro atoms. The van der Waals surface area contributed by atoms with Gasteiger partial charge < -0.3 is 5.11 Å². The first-order chi connectivity index (χ1) is 10.7. The predicted molar refractivity (Wildman–Crippen MR) is 88.5 cm³/mol. The maximum absolute atomic E-state index is 10.6. The Hall–Kier alpha value is -1.92. The fourth-order valence-electron chi connectivity index (χ4n) is 2.83. The van der Waals surface area contributed by atoms with E-state index in [0.29, 0.717) is 0 Å². The van der Waals surface area contributed by atoms with E-state index in [9.17, 15) is 5.11 Å². The molecule has 0 saturated carbocycles. The predicted octanol–water partition coefficient (Wildman–Crippen LogP) is 3.24. The average Bonchev–Trinajstić information content (AvgIpc) is 3.08. The van der Waals surface area contributed by atoms with E-state index >= 15 is 0 Å². The standard InChI is InChI=1S/C16H20N4OS/c1-4-19(5-2)13(12-8-6-7-11(3)9-12)14-15(21)20-16(22-14)17-10-18-20/h6-10,13,21H,4-5H2,1-3H3. The summed E-state index contributed by atoms with van der Waals surface area (Å²) in [6.45, 7) is 8.18. The molecular formula is C16H20N4OS. The second kappa shape index (κ2) is 6.06. The SMILES string of the molecule is CCN(CC)C(c1cccc(C)c1)c1sc2ncnn2c1O. The van der Waals surface area contributed by atoms with Crippen LogP contribution in [0.3, 0.4) is 0 Å². The van der Waals surface area contributed by atoms with Gasteiger partial charge in [0.25, 0.3) is 0 Å². The Kier molecular flexibility index (Phi) is 4.13. The Morgan fingerprint density at radius 2 is 2.09 bits per heavy atom. The van der Waals surface area contributed by atoms with Crippen LogP contribution in [0.2, 0.25) is 0 Å². The minimum absolute atomic E-state index is 0.0170. The number of rotatable bonds is 5. The Bertz CT molecular complexity index is 775. The van der Waals surface area contributed by atoms with Gasteiger partial charge in [0.05, 0.1) is 10.9 Å². The molecular weight excluding hydrogens is 296 g/mol. The molecule has 3 aromatic rings. The molecule has 6 heteroatoms. The van der Waals surface area contributed by atoms with Crippen LogP contribution in [0.25, 0.3) is 4.96 Å². The number of aryl methyl sites for hydroxylation is 1. The van der Waals surface area contributed by atoms with Crippen LogP contribution >= 0.6 is 11.3 Å². The van der Waals surface area contributed by atoms with E-state index in [0.717, 1.165) is 22.9 Å². The molecule has 0 amide bonds. The van der Waals surface area contributed by atoms with E-state index < -0.39 is 0 Å². The van der Waals surface area contributed by atoms with Gasteiger partial charge >= 0.3 is 0 Å². The summed E-state index contributed by atoms with van der Waals surface area (Å²) < 4.78 is 1.51. The number of hydrogen-bond acceptors (Lipinski definition) is 5. The highest BCUT2D eigenvalue weighted by atomic mass is 32.1. The number of benzene rings is 1. The summed E-state index contributed by atoms with van der Waals surface area (Å²) >= 11 is 1.50. The first-order valence-corrected chi connectivity index (χ1v) is 8.29. The molecule has 1 aromatic carbocycles. The van der Waals surface area contributed by atoms with Crippen molar-refractivity contribution in [2.24, 2.45) is 0 Å². The van der Waals surface area contributed by atoms with Crippen molar-refractivity contribution < 1.29 is 5.11 Å². The van der Waals surface area contributed by atoms with E-state index in [1.165, 1.54) is 33.3 Å². The summed E-state index contributed by atoms with van der Waals surface area (Å²) in [4.78, 5) is 8.14. The lowest BCUT2D eigenvalue weighted by Gasteiger charge is -2.29. The van der Waals surface area contributed by atoms with Crippen LogP contribution in [0, 0.1) is 6.92 Å². The fourth-order valence-corrected chi connectivity index (χ4v) is 3.92. The van der Waals surface area contributed by atoms with Crippen LogP contribution in [0.1, 0.15) is 35.9 Å². The summed E-state index contributed by atoms with van der Waals surface area (Å²) in [6, 6.07) is 8.47. The molecule has 1 N–H and O–H groups in total. The van der Waals surface area contributed by atoms with Crippen molar-refractivity contribution in [3.05, 3.63) is 46.6 Å². The maximum atomic E-state index is 10.6. The van der Waals surface area contributed by atoms with Gasteiger partial charge in [0.2, 0.25) is 10.8 Å². The summed E-state index contributed by atoms with van der Waals surface area (Å²) in [6.07, 6.45) is 1.47. The fraction of sp³-hybridized carbons (Fsp3) is 0.375. The van der Waals surface area contributed by atoms with Crippen LogP contribution in [-0.4, -0.2) is 37.7 Å². The van der Waals surface area contributed by atoms with Gasteiger partial charge in [0, 0.05) is 0 Å². The van der Waals surface area contributed by atoms with Crippen LogP contribution < -0.4 is 0 Å². The molecule has 0 aliphatic heterocycles. The van der Waals surface area contributed by atoms with Crippen LogP contribution in [0.15, 0.2) is 30.6 Å². The smallest absolute Gasteiger partial charge is 0.230 e. The third kappa shape index (κ3) is 2.48. The zero-order chi connectivity index (χ0) is 15.7. The van der Waals surface area contributed by atoms with Gasteiger partial charge in [0.15, 0.2) is 0 Å². The van der Waals surface area contributed by atoms with Crippen molar-refractivity contribution in [2.45, 2.75) is 26.8 Å². The van der Waals surface area contributed by atoms with E-state index in [2.05, 4.69) is 60.0 Å². The third-order valence-electron chi connectivity index (χ3n) is 3.92. The minimum atomic E-state index is 0.0170. The Labute approximate surface area is 133 Å². The number of aromatic hydroxyl groups is 1. The lowest BCUT2D eigenvalue weighted by Crippen LogP contribution is -2.29. The first kappa shape index (κ1) is 15.0. The number of nitrogens with zero attached hydrogens (tertiary/aromatic N) is 4. The highest BCUT2D eigenvalue weighted by Gasteiger charge is 2.27. The molecule has 0 radical (unpaired) electrons. The Morgan fingerprint density at radius 1 is 1.32 bits per heavy atom. The number of fused-ring (bicyclic) bond motifs is 1. The summed E-state index contributed by atoms with van der Waals surface area (Å²) in [7, 11) is 0. The zero-order valence-electron chi connectivity index (χ0n) is 13.0. The highest BCUT2D eigenvalue weighted by molar-refractivity contribution is 7.17. The average molecular weight is 316 g/mol. The molecule has 5 nitrogen and oxygen atoms in total. The van der Waals surface area contributed by atoms with Crippen molar-refractivity contribution in [2.75, 3.05) is 13.1 Å². The molecule has 0 bridgehead atoms. The quantitative estimate of drug-likeness (QED) is 0.785. The van der Waals surface area contributed by atoms with E-state index in [4.69, 9.17) is 0 Å². The third-order valence-corrected chi connectivity index (χ3v) is 5.01. The monoisotopic (exact) mass is 316 g/mol. The van der Waals surface area contributed by atoms with Crippen molar-refractivity contribution in [1.29, 1.82) is 0 Å². The Morgan fingerprint density at radius 3 is 2.73 bits per heavy atom. The van der Waals surface area contributed by atoms with Crippen molar-refractivity contribution in [3.63, 3.8) is 0 Å². The van der Waals surface area contributed by atoms with Gasteiger partial charge in [-0.15, -0.1) is 0 Å². The molecule has 0 aliphatic carbocycles. The van der Waals surface area contributed by atoms with E-state index in [1.807, 2.05) is 0 Å². The van der Waals surface area contributed by atoms with Crippen LogP contribution in [0.4, 0.5) is 0 Å². The van der Waals surface area contributed by atoms with Crippen molar-refractivity contribution in [1.82, 2.24) is 19.5 Å². The van der Waals surface area contributed by atoms with E-state index in [1.54, 1.807) is 0 Å². The van der Waals surface area contributed by atoms with Gasteiger partial charge in [0.1, 0.15) is 6.33 Å². The topological polar surface area (TPSA) is 53.7 Å². The Balaban J connectivity index is 2.16. The maximum Gasteiger partial charge on any atom is 0.230 e. The second-order valence-electron chi connectivity index (χ2n) is 5.28. The molecule has 3 rings (SSSR count). The normalized spacial score (nSPS) is 13.1. The van der Waals surface area contributed by atoms with Crippen molar-refractivity contribution >= 4 is 16.3 Å². The van der Waals surface area contributed by atoms with E-state index in [-0.39, 0.29) is 11.9 Å². The van der Waals surface area contributed by atoms with Gasteiger partial charge in [-0.3, -0.25) is 4.90 Å². The number of thiazole rings is 1. The largest absolute Gasteiger partial charge is 0.492 e. The molecule has 116 valence electrons. The lowest BCUT2D eigenvalue weighted by atomic mass is 10.0. The molecule has 22 heavy (non-hydrogen) atoms. The van der Waals surface area contributed by atoms with Gasteiger partial charge in [-0.1, -0.05) is 55.0 Å². The number of hydrogen-bond donors (Lipinski definition) is 1. The summed E-state index contributed by atoms with van der Waals surface area (Å²) in [5.74, 6) is 0.191. The van der Waals surface area contributed by atoms with Gasteiger partial charge in [-0.05, 0) is 25.6 Å². The molecule has 2 heterocycles. The molecule has 0 saturated heterocycles. The molecule has 2 aromatic heterocycles. The van der Waals surface area contributed by atoms with Crippen molar-refractivity contribution in [3.8, 4) is 5.88 Å². The molecule has 0 fully saturated rings. The minimum Gasteiger partial charge on any atom is -0.492 e. The summed E-state index contributed by atoms with van der Waals surface area (Å²) in [5, 5.41) is 14.7.